The lowest BCUT2D eigenvalue weighted by Gasteiger charge is -2.16. The first kappa shape index (κ1) is 15.8. The molecule has 0 fully saturated rings. The molecule has 0 saturated carbocycles. The highest BCUT2D eigenvalue weighted by Crippen LogP contribution is 2.18. The molecule has 22 heavy (non-hydrogen) atoms. The zero-order chi connectivity index (χ0) is 15.9. The van der Waals surface area contributed by atoms with Crippen LogP contribution in [0.15, 0.2) is 42.5 Å². The van der Waals surface area contributed by atoms with Gasteiger partial charge in [0, 0.05) is 13.7 Å². The van der Waals surface area contributed by atoms with Gasteiger partial charge in [0.25, 0.3) is 0 Å². The minimum absolute atomic E-state index is 0.0202. The molecule has 2 aromatic carbocycles. The van der Waals surface area contributed by atoms with Gasteiger partial charge in [-0.2, -0.15) is 0 Å². The first-order valence-corrected chi connectivity index (χ1v) is 6.84. The van der Waals surface area contributed by atoms with Crippen molar-refractivity contribution in [3.63, 3.8) is 0 Å². The maximum absolute atomic E-state index is 12.1. The van der Waals surface area contributed by atoms with Crippen LogP contribution in [0, 0.1) is 0 Å². The summed E-state index contributed by atoms with van der Waals surface area (Å²) in [6, 6.07) is 12.8. The van der Waals surface area contributed by atoms with E-state index in [2.05, 4.69) is 10.6 Å². The summed E-state index contributed by atoms with van der Waals surface area (Å²) in [5, 5.41) is 15.8. The average molecular weight is 302 g/mol. The normalized spacial score (nSPS) is 11.9. The lowest BCUT2D eigenvalue weighted by atomic mass is 10.0. The van der Waals surface area contributed by atoms with Crippen molar-refractivity contribution in [2.45, 2.75) is 12.6 Å². The number of fused-ring (bicyclic) bond motifs is 1. The van der Waals surface area contributed by atoms with Gasteiger partial charge >= 0.3 is 6.09 Å². The summed E-state index contributed by atoms with van der Waals surface area (Å²) in [4.78, 5) is 22.8. The van der Waals surface area contributed by atoms with Gasteiger partial charge in [0.15, 0.2) is 0 Å². The Morgan fingerprint density at radius 3 is 2.64 bits per heavy atom. The summed E-state index contributed by atoms with van der Waals surface area (Å²) < 4.78 is 4.86. The van der Waals surface area contributed by atoms with Crippen LogP contribution in [0.2, 0.25) is 0 Å². The molecule has 0 bridgehead atoms. The van der Waals surface area contributed by atoms with E-state index in [1.54, 1.807) is 0 Å². The number of rotatable bonds is 6. The van der Waals surface area contributed by atoms with Gasteiger partial charge in [0.05, 0.1) is 6.61 Å². The van der Waals surface area contributed by atoms with Crippen molar-refractivity contribution in [2.24, 2.45) is 0 Å². The second kappa shape index (κ2) is 7.42. The number of benzene rings is 2. The Balaban J connectivity index is 2.07. The van der Waals surface area contributed by atoms with E-state index < -0.39 is 18.0 Å². The van der Waals surface area contributed by atoms with Crippen molar-refractivity contribution >= 4 is 22.8 Å². The number of carbonyl (C=O) groups excluding carboxylic acids is 1. The third kappa shape index (κ3) is 3.95. The topological polar surface area (TPSA) is 87.7 Å². The molecule has 0 heterocycles. The number of hydrogen-bond donors (Lipinski definition) is 3. The van der Waals surface area contributed by atoms with Crippen LogP contribution in [0.5, 0.6) is 0 Å². The molecule has 0 aliphatic rings. The molecule has 0 radical (unpaired) electrons. The fraction of sp³-hybridized carbons (Fsp3) is 0.250. The van der Waals surface area contributed by atoms with Crippen LogP contribution in [0.3, 0.4) is 0 Å². The monoisotopic (exact) mass is 302 g/mol. The predicted octanol–water partition coefficient (Wildman–Crippen LogP) is 1.74. The Kier molecular flexibility index (Phi) is 5.32. The van der Waals surface area contributed by atoms with Gasteiger partial charge in [-0.15, -0.1) is 0 Å². The maximum atomic E-state index is 12.1. The second-order valence-electron chi connectivity index (χ2n) is 4.81. The van der Waals surface area contributed by atoms with Gasteiger partial charge in [-0.1, -0.05) is 42.5 Å². The van der Waals surface area contributed by atoms with Crippen LogP contribution in [0.4, 0.5) is 4.79 Å². The summed E-state index contributed by atoms with van der Waals surface area (Å²) >= 11 is 0. The third-order valence-corrected chi connectivity index (χ3v) is 3.28. The van der Waals surface area contributed by atoms with E-state index in [-0.39, 0.29) is 6.61 Å². The van der Waals surface area contributed by atoms with Crippen molar-refractivity contribution in [1.29, 1.82) is 0 Å². The number of amides is 2. The lowest BCUT2D eigenvalue weighted by Crippen LogP contribution is -2.48. The van der Waals surface area contributed by atoms with Gasteiger partial charge in [-0.05, 0) is 16.3 Å². The second-order valence-corrected chi connectivity index (χ2v) is 4.81. The summed E-state index contributed by atoms with van der Waals surface area (Å²) in [5.74, 6) is -0.419. The molecule has 6 heteroatoms. The molecule has 116 valence electrons. The van der Waals surface area contributed by atoms with Crippen LogP contribution < -0.4 is 10.6 Å². The standard InChI is InChI=1S/C16H18N2O4/c1-22-10-14(18-16(20)21)15(19)17-9-12-7-4-6-11-5-2-3-8-13(11)12/h2-8,14,18H,9-10H2,1H3,(H,17,19)(H,20,21)/t14-/m0/s1. The van der Waals surface area contributed by atoms with Crippen LogP contribution in [-0.4, -0.2) is 36.9 Å². The first-order valence-electron chi connectivity index (χ1n) is 6.84. The average Bonchev–Trinajstić information content (AvgIpc) is 2.51. The summed E-state index contributed by atoms with van der Waals surface area (Å²) in [6.07, 6.45) is -1.26. The van der Waals surface area contributed by atoms with Gasteiger partial charge in [-0.3, -0.25) is 4.79 Å². The van der Waals surface area contributed by atoms with Crippen LogP contribution in [-0.2, 0) is 16.1 Å². The largest absolute Gasteiger partial charge is 0.465 e. The van der Waals surface area contributed by atoms with E-state index in [9.17, 15) is 9.59 Å². The highest BCUT2D eigenvalue weighted by atomic mass is 16.5. The summed E-state index contributed by atoms with van der Waals surface area (Å²) in [7, 11) is 1.41. The Hall–Kier alpha value is -2.60. The molecule has 0 spiro atoms. The first-order chi connectivity index (χ1) is 10.6. The number of ether oxygens (including phenoxy) is 1. The summed E-state index contributed by atoms with van der Waals surface area (Å²) in [5.41, 5.74) is 0.970. The number of carboxylic acid groups (broad SMARTS) is 1. The number of carbonyl (C=O) groups is 2. The SMILES string of the molecule is COC[C@H](NC(=O)O)C(=O)NCc1cccc2ccccc12. The van der Waals surface area contributed by atoms with Crippen molar-refractivity contribution < 1.29 is 19.4 Å². The molecule has 2 rings (SSSR count). The van der Waals surface area contributed by atoms with E-state index in [1.165, 1.54) is 7.11 Å². The molecule has 0 saturated heterocycles. The van der Waals surface area contributed by atoms with Gasteiger partial charge in [0.1, 0.15) is 6.04 Å². The van der Waals surface area contributed by atoms with E-state index in [4.69, 9.17) is 9.84 Å². The Labute approximate surface area is 128 Å². The number of methoxy groups -OCH3 is 1. The van der Waals surface area contributed by atoms with Crippen molar-refractivity contribution in [2.75, 3.05) is 13.7 Å². The molecule has 6 nitrogen and oxygen atoms in total. The zero-order valence-electron chi connectivity index (χ0n) is 12.2. The lowest BCUT2D eigenvalue weighted by molar-refractivity contribution is -0.124. The zero-order valence-corrected chi connectivity index (χ0v) is 12.2. The van der Waals surface area contributed by atoms with E-state index >= 15 is 0 Å². The van der Waals surface area contributed by atoms with E-state index in [0.717, 1.165) is 16.3 Å². The van der Waals surface area contributed by atoms with Crippen LogP contribution in [0.1, 0.15) is 5.56 Å². The minimum atomic E-state index is -1.26. The molecule has 0 aliphatic carbocycles. The number of hydrogen-bond acceptors (Lipinski definition) is 3. The third-order valence-electron chi connectivity index (χ3n) is 3.28. The smallest absolute Gasteiger partial charge is 0.405 e. The van der Waals surface area contributed by atoms with Crippen molar-refractivity contribution in [3.8, 4) is 0 Å². The maximum Gasteiger partial charge on any atom is 0.405 e. The molecule has 2 amide bonds. The Morgan fingerprint density at radius 1 is 1.18 bits per heavy atom. The quantitative estimate of drug-likeness (QED) is 0.758. The highest BCUT2D eigenvalue weighted by Gasteiger charge is 2.20. The van der Waals surface area contributed by atoms with Gasteiger partial charge in [0.2, 0.25) is 5.91 Å². The Bertz CT molecular complexity index is 667. The Morgan fingerprint density at radius 2 is 1.91 bits per heavy atom. The highest BCUT2D eigenvalue weighted by molar-refractivity contribution is 5.88. The fourth-order valence-corrected chi connectivity index (χ4v) is 2.25. The molecule has 1 atom stereocenters. The van der Waals surface area contributed by atoms with Crippen molar-refractivity contribution in [3.05, 3.63) is 48.0 Å². The molecule has 0 unspecified atom stereocenters. The molecular formula is C16H18N2O4. The van der Waals surface area contributed by atoms with Gasteiger partial charge in [-0.25, -0.2) is 4.79 Å². The minimum Gasteiger partial charge on any atom is -0.465 e. The fourth-order valence-electron chi connectivity index (χ4n) is 2.25. The molecule has 0 aromatic heterocycles. The molecule has 0 aliphatic heterocycles. The van der Waals surface area contributed by atoms with Crippen LogP contribution in [0.25, 0.3) is 10.8 Å². The summed E-state index contributed by atoms with van der Waals surface area (Å²) in [6.45, 7) is 0.301. The van der Waals surface area contributed by atoms with Crippen LogP contribution >= 0.6 is 0 Å². The van der Waals surface area contributed by atoms with Gasteiger partial charge < -0.3 is 20.5 Å². The molecule has 3 N–H and O–H groups in total. The van der Waals surface area contributed by atoms with Crippen molar-refractivity contribution in [1.82, 2.24) is 10.6 Å². The number of nitrogens with one attached hydrogen (secondary N) is 2. The predicted molar refractivity (Wildman–Crippen MR) is 82.6 cm³/mol. The van der Waals surface area contributed by atoms with E-state index in [1.807, 2.05) is 42.5 Å². The molecule has 2 aromatic rings. The van der Waals surface area contributed by atoms with E-state index in [0.29, 0.717) is 6.54 Å². The molecular weight excluding hydrogens is 284 g/mol.